The molecule has 0 unspecified atom stereocenters. The van der Waals surface area contributed by atoms with Gasteiger partial charge in [0.1, 0.15) is 11.5 Å². The Morgan fingerprint density at radius 2 is 0.583 bits per heavy atom. The van der Waals surface area contributed by atoms with Crippen LogP contribution in [0.15, 0.2) is 48.5 Å². The molecule has 0 heterocycles. The molecule has 4 rings (SSSR count). The van der Waals surface area contributed by atoms with Gasteiger partial charge in [-0.05, 0) is 35.4 Å². The number of ether oxygens (including phenoxy) is 2. The lowest BCUT2D eigenvalue weighted by atomic mass is 9.94. The van der Waals surface area contributed by atoms with Gasteiger partial charge in [-0.15, -0.1) is 0 Å². The molecule has 0 saturated carbocycles. The maximum Gasteiger partial charge on any atom is 0.170 e. The van der Waals surface area contributed by atoms with Crippen molar-refractivity contribution in [3.8, 4) is 44.9 Å². The number of hydrogen-bond donors (Lipinski definition) is 0. The molecule has 0 aliphatic carbocycles. The second-order valence-electron chi connectivity index (χ2n) is 7.47. The number of methoxy groups -OCH3 is 2. The van der Waals surface area contributed by atoms with Crippen molar-refractivity contribution >= 4 is 0 Å². The van der Waals surface area contributed by atoms with Gasteiger partial charge in [-0.3, -0.25) is 0 Å². The molecule has 2 nitrogen and oxygen atoms in total. The molecule has 0 N–H and O–H groups in total. The third-order valence-corrected chi connectivity index (χ3v) is 5.53. The third kappa shape index (κ3) is 3.92. The van der Waals surface area contributed by atoms with E-state index in [1.165, 1.54) is 38.5 Å². The Balaban J connectivity index is 1.95. The van der Waals surface area contributed by atoms with E-state index < -0.39 is 68.8 Å². The first-order chi connectivity index (χ1) is 17.1. The van der Waals surface area contributed by atoms with Crippen molar-refractivity contribution in [2.45, 2.75) is 0 Å². The van der Waals surface area contributed by atoms with E-state index >= 15 is 0 Å². The first kappa shape index (κ1) is 25.0. The van der Waals surface area contributed by atoms with Crippen LogP contribution in [-0.4, -0.2) is 14.2 Å². The summed E-state index contributed by atoms with van der Waals surface area (Å²) in [6.45, 7) is 0. The van der Waals surface area contributed by atoms with Crippen LogP contribution in [0.4, 0.5) is 35.1 Å². The van der Waals surface area contributed by atoms with Gasteiger partial charge in [0.15, 0.2) is 46.5 Å². The maximum atomic E-state index is 15.0. The van der Waals surface area contributed by atoms with Crippen LogP contribution in [0, 0.1) is 46.5 Å². The molecule has 186 valence electrons. The Morgan fingerprint density at radius 1 is 0.361 bits per heavy atom. The Labute approximate surface area is 199 Å². The summed E-state index contributed by atoms with van der Waals surface area (Å²) in [6.07, 6.45) is 0. The average Bonchev–Trinajstić information content (AvgIpc) is 2.89. The van der Waals surface area contributed by atoms with E-state index in [9.17, 15) is 35.1 Å². The molecule has 0 aliphatic rings. The topological polar surface area (TPSA) is 18.5 Å². The van der Waals surface area contributed by atoms with E-state index in [1.54, 1.807) is 0 Å². The first-order valence-electron chi connectivity index (χ1n) is 10.1. The van der Waals surface area contributed by atoms with Gasteiger partial charge in [-0.2, -0.15) is 0 Å². The molecule has 0 radical (unpaired) electrons. The second kappa shape index (κ2) is 9.52. The molecule has 10 heteroatoms. The Hall–Kier alpha value is -4.08. The lowest BCUT2D eigenvalue weighted by Gasteiger charge is -2.16. The van der Waals surface area contributed by atoms with Crippen LogP contribution < -0.4 is 9.47 Å². The number of hydrogen-bond acceptors (Lipinski definition) is 2. The van der Waals surface area contributed by atoms with Gasteiger partial charge >= 0.3 is 0 Å². The van der Waals surface area contributed by atoms with Crippen LogP contribution in [0.3, 0.4) is 0 Å². The number of benzene rings is 4. The third-order valence-electron chi connectivity index (χ3n) is 5.53. The summed E-state index contributed by atoms with van der Waals surface area (Å²) in [5.74, 6) is -16.5. The molecule has 0 aromatic heterocycles. The van der Waals surface area contributed by atoms with Crippen molar-refractivity contribution in [2.24, 2.45) is 0 Å². The Kier molecular flexibility index (Phi) is 6.62. The monoisotopic (exact) mass is 510 g/mol. The summed E-state index contributed by atoms with van der Waals surface area (Å²) < 4.78 is 129. The van der Waals surface area contributed by atoms with Gasteiger partial charge in [0.2, 0.25) is 0 Å². The summed E-state index contributed by atoms with van der Waals surface area (Å²) in [5.41, 5.74) is -6.90. The second-order valence-corrected chi connectivity index (χ2v) is 7.47. The number of rotatable bonds is 5. The SMILES string of the molecule is COc1ccc(-c2c(F)c(F)c(-c3c(F)c(F)c(-c4ccc(OC)cc4)c(F)c3F)c(F)c2F)cc1. The number of halogens is 8. The van der Waals surface area contributed by atoms with Crippen molar-refractivity contribution in [3.63, 3.8) is 0 Å². The fraction of sp³-hybridized carbons (Fsp3) is 0.0769. The van der Waals surface area contributed by atoms with Crippen molar-refractivity contribution in [3.05, 3.63) is 95.1 Å². The smallest absolute Gasteiger partial charge is 0.170 e. The minimum atomic E-state index is -2.24. The zero-order chi connectivity index (χ0) is 26.3. The molecule has 36 heavy (non-hydrogen) atoms. The minimum absolute atomic E-state index is 0.268. The lowest BCUT2D eigenvalue weighted by molar-refractivity contribution is 0.414. The lowest BCUT2D eigenvalue weighted by Crippen LogP contribution is -2.09. The summed E-state index contributed by atoms with van der Waals surface area (Å²) in [6, 6.07) is 9.35. The summed E-state index contributed by atoms with van der Waals surface area (Å²) in [5, 5.41) is 0. The molecule has 0 saturated heterocycles. The van der Waals surface area contributed by atoms with Gasteiger partial charge < -0.3 is 9.47 Å². The van der Waals surface area contributed by atoms with Crippen molar-refractivity contribution < 1.29 is 44.6 Å². The first-order valence-corrected chi connectivity index (χ1v) is 10.1. The van der Waals surface area contributed by atoms with Gasteiger partial charge in [-0.1, -0.05) is 24.3 Å². The van der Waals surface area contributed by atoms with E-state index in [2.05, 4.69) is 0 Å². The predicted octanol–water partition coefficient (Wildman–Crippen LogP) is 7.82. The van der Waals surface area contributed by atoms with Gasteiger partial charge in [0.25, 0.3) is 0 Å². The highest BCUT2D eigenvalue weighted by atomic mass is 19.2. The van der Waals surface area contributed by atoms with Crippen LogP contribution in [0.2, 0.25) is 0 Å². The largest absolute Gasteiger partial charge is 0.497 e. The molecule has 4 aromatic carbocycles. The van der Waals surface area contributed by atoms with Crippen LogP contribution >= 0.6 is 0 Å². The zero-order valence-electron chi connectivity index (χ0n) is 18.5. The highest BCUT2D eigenvalue weighted by Crippen LogP contribution is 2.42. The van der Waals surface area contributed by atoms with E-state index in [-0.39, 0.29) is 22.6 Å². The Bertz CT molecular complexity index is 1290. The summed E-state index contributed by atoms with van der Waals surface area (Å²) in [7, 11) is 2.62. The van der Waals surface area contributed by atoms with Crippen LogP contribution in [0.5, 0.6) is 11.5 Å². The zero-order valence-corrected chi connectivity index (χ0v) is 18.5. The van der Waals surface area contributed by atoms with Crippen molar-refractivity contribution in [1.82, 2.24) is 0 Å². The molecule has 0 spiro atoms. The van der Waals surface area contributed by atoms with Gasteiger partial charge in [0, 0.05) is 0 Å². The van der Waals surface area contributed by atoms with E-state index in [1.807, 2.05) is 0 Å². The maximum absolute atomic E-state index is 15.0. The van der Waals surface area contributed by atoms with E-state index in [0.717, 1.165) is 24.3 Å². The van der Waals surface area contributed by atoms with Crippen LogP contribution in [-0.2, 0) is 0 Å². The average molecular weight is 510 g/mol. The van der Waals surface area contributed by atoms with Gasteiger partial charge in [0.05, 0.1) is 36.5 Å². The van der Waals surface area contributed by atoms with Crippen LogP contribution in [0.25, 0.3) is 33.4 Å². The summed E-state index contributed by atoms with van der Waals surface area (Å²) >= 11 is 0. The van der Waals surface area contributed by atoms with Crippen molar-refractivity contribution in [2.75, 3.05) is 14.2 Å². The quantitative estimate of drug-likeness (QED) is 0.201. The normalized spacial score (nSPS) is 11.1. The van der Waals surface area contributed by atoms with Gasteiger partial charge in [-0.25, -0.2) is 35.1 Å². The molecular weight excluding hydrogens is 496 g/mol. The minimum Gasteiger partial charge on any atom is -0.497 e. The molecule has 0 bridgehead atoms. The molecule has 0 amide bonds. The molecule has 4 aromatic rings. The fourth-order valence-corrected chi connectivity index (χ4v) is 3.72. The molecule has 0 fully saturated rings. The van der Waals surface area contributed by atoms with E-state index in [4.69, 9.17) is 9.47 Å². The molecule has 0 atom stereocenters. The Morgan fingerprint density at radius 3 is 0.806 bits per heavy atom. The molecular formula is C26H14F8O2. The molecule has 0 aliphatic heterocycles. The highest BCUT2D eigenvalue weighted by Gasteiger charge is 2.34. The summed E-state index contributed by atoms with van der Waals surface area (Å²) in [4.78, 5) is 0. The predicted molar refractivity (Wildman–Crippen MR) is 116 cm³/mol. The van der Waals surface area contributed by atoms with Crippen molar-refractivity contribution in [1.29, 1.82) is 0 Å². The van der Waals surface area contributed by atoms with E-state index in [0.29, 0.717) is 0 Å². The van der Waals surface area contributed by atoms with Crippen LogP contribution in [0.1, 0.15) is 0 Å². The fourth-order valence-electron chi connectivity index (χ4n) is 3.72. The standard InChI is InChI=1S/C26H14F8O2/c1-35-13-7-3-11(4-8-13)15-19(27)23(31)17(24(32)20(15)28)18-25(33)21(29)16(22(30)26(18)34)12-5-9-14(36-2)10-6-12/h3-10H,1-2H3. The highest BCUT2D eigenvalue weighted by molar-refractivity contribution is 5.77.